The maximum Gasteiger partial charge on any atom is 0.412 e. The van der Waals surface area contributed by atoms with Crippen molar-refractivity contribution in [1.82, 2.24) is 4.98 Å². The maximum atomic E-state index is 12.6. The third kappa shape index (κ3) is 3.17. The summed E-state index contributed by atoms with van der Waals surface area (Å²) >= 11 is 0. The lowest BCUT2D eigenvalue weighted by molar-refractivity contribution is -0.0944. The van der Waals surface area contributed by atoms with Crippen LogP contribution < -0.4 is 4.90 Å². The fourth-order valence-corrected chi connectivity index (χ4v) is 2.47. The molecule has 0 amide bonds. The second kappa shape index (κ2) is 5.38. The normalized spacial score (nSPS) is 15.9. The third-order valence-corrected chi connectivity index (χ3v) is 3.44. The van der Waals surface area contributed by atoms with Crippen molar-refractivity contribution in [2.24, 2.45) is 0 Å². The summed E-state index contributed by atoms with van der Waals surface area (Å²) in [7, 11) is 0. The molecule has 0 aliphatic carbocycles. The van der Waals surface area contributed by atoms with Crippen LogP contribution in [0.5, 0.6) is 0 Å². The highest BCUT2D eigenvalue weighted by molar-refractivity contribution is 5.95. The van der Waals surface area contributed by atoms with E-state index in [1.54, 1.807) is 24.8 Å². The molecule has 2 rings (SSSR count). The average molecular weight is 300 g/mol. The molecule has 1 aliphatic heterocycles. The monoisotopic (exact) mass is 300 g/mol. The lowest BCUT2D eigenvalue weighted by Crippen LogP contribution is -2.33. The van der Waals surface area contributed by atoms with Crippen LogP contribution >= 0.6 is 0 Å². The molecule has 0 radical (unpaired) electrons. The largest absolute Gasteiger partial charge is 0.478 e. The Bertz CT molecular complexity index is 609. The Kier molecular flexibility index (Phi) is 3.93. The maximum absolute atomic E-state index is 12.6. The van der Waals surface area contributed by atoms with Crippen LogP contribution in [0.15, 0.2) is 17.7 Å². The second-order valence-electron chi connectivity index (χ2n) is 4.97. The lowest BCUT2D eigenvalue weighted by atomic mass is 10.0. The Hall–Kier alpha value is -2.05. The molecule has 21 heavy (non-hydrogen) atoms. The number of aryl methyl sites for hydroxylation is 2. The van der Waals surface area contributed by atoms with E-state index in [2.05, 4.69) is 4.98 Å². The molecule has 114 valence electrons. The Balaban J connectivity index is 2.37. The first-order valence-electron chi connectivity index (χ1n) is 6.43. The molecular formula is C14H15F3N2O2. The number of carboxylic acid groups (broad SMARTS) is 1. The summed E-state index contributed by atoms with van der Waals surface area (Å²) in [5.74, 6) is -1.12. The average Bonchev–Trinajstić information content (AvgIpc) is 2.36. The van der Waals surface area contributed by atoms with Gasteiger partial charge in [0.05, 0.1) is 11.4 Å². The van der Waals surface area contributed by atoms with Crippen LogP contribution in [-0.2, 0) is 0 Å². The van der Waals surface area contributed by atoms with Crippen LogP contribution in [-0.4, -0.2) is 35.3 Å². The Labute approximate surface area is 119 Å². The molecule has 1 aromatic heterocycles. The van der Waals surface area contributed by atoms with E-state index in [1.807, 2.05) is 0 Å². The summed E-state index contributed by atoms with van der Waals surface area (Å²) in [6.07, 6.45) is -3.35. The van der Waals surface area contributed by atoms with E-state index in [0.717, 1.165) is 6.08 Å². The first-order valence-corrected chi connectivity index (χ1v) is 6.43. The number of alkyl halides is 3. The highest BCUT2D eigenvalue weighted by atomic mass is 19.4. The quantitative estimate of drug-likeness (QED) is 0.853. The van der Waals surface area contributed by atoms with E-state index in [9.17, 15) is 23.1 Å². The summed E-state index contributed by atoms with van der Waals surface area (Å²) in [5, 5.41) is 9.29. The number of pyridine rings is 1. The van der Waals surface area contributed by atoms with Gasteiger partial charge in [-0.1, -0.05) is 6.08 Å². The van der Waals surface area contributed by atoms with E-state index >= 15 is 0 Å². The summed E-state index contributed by atoms with van der Waals surface area (Å²) in [6.45, 7) is 3.48. The fourth-order valence-electron chi connectivity index (χ4n) is 2.47. The molecular weight excluding hydrogens is 285 g/mol. The van der Waals surface area contributed by atoms with E-state index in [4.69, 9.17) is 0 Å². The number of carbonyl (C=O) groups is 1. The van der Waals surface area contributed by atoms with E-state index in [-0.39, 0.29) is 25.1 Å². The number of rotatable bonds is 2. The number of hydrogen-bond acceptors (Lipinski definition) is 3. The summed E-state index contributed by atoms with van der Waals surface area (Å²) in [5.41, 5.74) is 0.911. The number of halogens is 3. The van der Waals surface area contributed by atoms with Crippen LogP contribution in [0.1, 0.15) is 28.2 Å². The van der Waals surface area contributed by atoms with Crippen molar-refractivity contribution in [3.8, 4) is 0 Å². The Morgan fingerprint density at radius 2 is 2.05 bits per heavy atom. The molecule has 0 spiro atoms. The van der Waals surface area contributed by atoms with Crippen molar-refractivity contribution in [1.29, 1.82) is 0 Å². The van der Waals surface area contributed by atoms with E-state index < -0.39 is 17.7 Å². The van der Waals surface area contributed by atoms with Crippen LogP contribution in [0.3, 0.4) is 0 Å². The number of aromatic nitrogens is 1. The minimum Gasteiger partial charge on any atom is -0.478 e. The van der Waals surface area contributed by atoms with Gasteiger partial charge in [0.2, 0.25) is 0 Å². The number of hydrogen-bond donors (Lipinski definition) is 1. The van der Waals surface area contributed by atoms with Crippen molar-refractivity contribution in [3.05, 3.63) is 34.7 Å². The van der Waals surface area contributed by atoms with Gasteiger partial charge in [0.1, 0.15) is 5.56 Å². The number of aromatic carboxylic acids is 1. The standard InChI is InChI=1S/C14H15F3N2O2/c1-8-7-11(12(13(20)21)9(2)18-8)19-5-3-10(4-6-19)14(15,16)17/h3,7H,4-6H2,1-2H3,(H,20,21). The molecule has 1 aliphatic rings. The zero-order valence-corrected chi connectivity index (χ0v) is 11.7. The highest BCUT2D eigenvalue weighted by Crippen LogP contribution is 2.33. The molecule has 0 unspecified atom stereocenters. The zero-order chi connectivity index (χ0) is 15.8. The number of nitrogens with zero attached hydrogens (tertiary/aromatic N) is 2. The van der Waals surface area contributed by atoms with Gasteiger partial charge in [-0.05, 0) is 26.3 Å². The molecule has 2 heterocycles. The van der Waals surface area contributed by atoms with Gasteiger partial charge in [-0.15, -0.1) is 0 Å². The SMILES string of the molecule is Cc1cc(N2CC=C(C(F)(F)F)CC2)c(C(=O)O)c(C)n1. The molecule has 0 saturated carbocycles. The predicted octanol–water partition coefficient (Wildman–Crippen LogP) is 3.10. The molecule has 0 atom stereocenters. The molecule has 0 fully saturated rings. The van der Waals surface area contributed by atoms with Crippen molar-refractivity contribution in [2.45, 2.75) is 26.4 Å². The van der Waals surface area contributed by atoms with Gasteiger partial charge in [-0.2, -0.15) is 13.2 Å². The Morgan fingerprint density at radius 1 is 1.38 bits per heavy atom. The molecule has 0 aromatic carbocycles. The van der Waals surface area contributed by atoms with Gasteiger partial charge in [-0.3, -0.25) is 4.98 Å². The molecule has 7 heteroatoms. The topological polar surface area (TPSA) is 53.4 Å². The third-order valence-electron chi connectivity index (χ3n) is 3.44. The van der Waals surface area contributed by atoms with Crippen LogP contribution in [0.4, 0.5) is 18.9 Å². The second-order valence-corrected chi connectivity index (χ2v) is 4.97. The van der Waals surface area contributed by atoms with Gasteiger partial charge in [0.15, 0.2) is 0 Å². The van der Waals surface area contributed by atoms with Crippen molar-refractivity contribution in [3.63, 3.8) is 0 Å². The highest BCUT2D eigenvalue weighted by Gasteiger charge is 2.35. The number of carboxylic acids is 1. The molecule has 4 nitrogen and oxygen atoms in total. The molecule has 1 N–H and O–H groups in total. The van der Waals surface area contributed by atoms with Gasteiger partial charge in [-0.25, -0.2) is 4.79 Å². The first kappa shape index (κ1) is 15.3. The van der Waals surface area contributed by atoms with Gasteiger partial charge >= 0.3 is 12.1 Å². The van der Waals surface area contributed by atoms with E-state index in [1.165, 1.54) is 0 Å². The van der Waals surface area contributed by atoms with Crippen LogP contribution in [0.25, 0.3) is 0 Å². The summed E-state index contributed by atoms with van der Waals surface area (Å²) < 4.78 is 37.8. The van der Waals surface area contributed by atoms with Crippen LogP contribution in [0, 0.1) is 13.8 Å². The van der Waals surface area contributed by atoms with Crippen molar-refractivity contribution in [2.75, 3.05) is 18.0 Å². The molecule has 1 aromatic rings. The van der Waals surface area contributed by atoms with Gasteiger partial charge in [0.25, 0.3) is 0 Å². The first-order chi connectivity index (χ1) is 9.70. The molecule has 0 bridgehead atoms. The van der Waals surface area contributed by atoms with Gasteiger partial charge < -0.3 is 10.0 Å². The van der Waals surface area contributed by atoms with Crippen LogP contribution in [0.2, 0.25) is 0 Å². The minimum atomic E-state index is -4.31. The summed E-state index contributed by atoms with van der Waals surface area (Å²) in [6, 6.07) is 1.60. The molecule has 0 saturated heterocycles. The zero-order valence-electron chi connectivity index (χ0n) is 11.7. The van der Waals surface area contributed by atoms with Gasteiger partial charge in [0, 0.05) is 24.4 Å². The predicted molar refractivity (Wildman–Crippen MR) is 71.6 cm³/mol. The smallest absolute Gasteiger partial charge is 0.412 e. The Morgan fingerprint density at radius 3 is 2.52 bits per heavy atom. The summed E-state index contributed by atoms with van der Waals surface area (Å²) in [4.78, 5) is 17.1. The minimum absolute atomic E-state index is 0.0397. The fraction of sp³-hybridized carbons (Fsp3) is 0.429. The van der Waals surface area contributed by atoms with E-state index in [0.29, 0.717) is 17.1 Å². The van der Waals surface area contributed by atoms with Crippen molar-refractivity contribution < 1.29 is 23.1 Å². The van der Waals surface area contributed by atoms with Crippen molar-refractivity contribution >= 4 is 11.7 Å². The number of anilines is 1. The lowest BCUT2D eigenvalue weighted by Gasteiger charge is -2.30.